The average Bonchev–Trinajstić information content (AvgIpc) is 2.65. The molecule has 2 rings (SSSR count). The van der Waals surface area contributed by atoms with Crippen molar-refractivity contribution in [2.24, 2.45) is 0 Å². The van der Waals surface area contributed by atoms with E-state index in [0.717, 1.165) is 24.2 Å². The van der Waals surface area contributed by atoms with Gasteiger partial charge in [-0.2, -0.15) is 0 Å². The lowest BCUT2D eigenvalue weighted by Gasteiger charge is -2.23. The van der Waals surface area contributed by atoms with Crippen LogP contribution in [0.25, 0.3) is 0 Å². The standard InChI is InChI=1S/C17H25N3O/c1-5-11-19-15(17(2,3)4)14(18)16(21)20(19)12-13-9-7-6-8-10-13/h6-10H,5,11-12,18H2,1-4H3. The van der Waals surface area contributed by atoms with Gasteiger partial charge in [-0.3, -0.25) is 9.48 Å². The van der Waals surface area contributed by atoms with Crippen LogP contribution in [0.1, 0.15) is 45.4 Å². The molecular formula is C17H25N3O. The van der Waals surface area contributed by atoms with E-state index in [1.54, 1.807) is 4.68 Å². The molecule has 0 saturated heterocycles. The second-order valence-corrected chi connectivity index (χ2v) is 6.48. The summed E-state index contributed by atoms with van der Waals surface area (Å²) < 4.78 is 3.83. The van der Waals surface area contributed by atoms with Gasteiger partial charge in [0.2, 0.25) is 0 Å². The van der Waals surface area contributed by atoms with Crippen molar-refractivity contribution in [1.29, 1.82) is 0 Å². The molecule has 2 N–H and O–H groups in total. The molecule has 0 radical (unpaired) electrons. The van der Waals surface area contributed by atoms with Crippen molar-refractivity contribution in [1.82, 2.24) is 9.36 Å². The van der Waals surface area contributed by atoms with Gasteiger partial charge >= 0.3 is 0 Å². The minimum atomic E-state index is -0.152. The van der Waals surface area contributed by atoms with E-state index in [1.807, 2.05) is 30.3 Å². The van der Waals surface area contributed by atoms with Gasteiger partial charge in [0.05, 0.1) is 12.2 Å². The molecule has 114 valence electrons. The van der Waals surface area contributed by atoms with Crippen LogP contribution in [0.3, 0.4) is 0 Å². The largest absolute Gasteiger partial charge is 0.393 e. The zero-order chi connectivity index (χ0) is 15.6. The molecule has 0 fully saturated rings. The zero-order valence-electron chi connectivity index (χ0n) is 13.4. The molecule has 0 bridgehead atoms. The normalized spacial score (nSPS) is 11.8. The third kappa shape index (κ3) is 3.04. The van der Waals surface area contributed by atoms with Crippen LogP contribution in [0.15, 0.2) is 35.1 Å². The molecule has 0 unspecified atom stereocenters. The van der Waals surface area contributed by atoms with Crippen molar-refractivity contribution < 1.29 is 0 Å². The summed E-state index contributed by atoms with van der Waals surface area (Å²) in [6, 6.07) is 10.0. The summed E-state index contributed by atoms with van der Waals surface area (Å²) in [5.74, 6) is 0. The molecule has 0 aliphatic carbocycles. The van der Waals surface area contributed by atoms with Crippen LogP contribution < -0.4 is 11.3 Å². The Morgan fingerprint density at radius 1 is 1.10 bits per heavy atom. The van der Waals surface area contributed by atoms with Crippen LogP contribution in [0.5, 0.6) is 0 Å². The fourth-order valence-electron chi connectivity index (χ4n) is 2.76. The van der Waals surface area contributed by atoms with Crippen LogP contribution in [0, 0.1) is 0 Å². The first kappa shape index (κ1) is 15.4. The molecule has 0 aliphatic heterocycles. The van der Waals surface area contributed by atoms with Gasteiger partial charge in [-0.25, -0.2) is 4.68 Å². The van der Waals surface area contributed by atoms with E-state index >= 15 is 0 Å². The maximum Gasteiger partial charge on any atom is 0.290 e. The SMILES string of the molecule is CCCn1c(C(C)(C)C)c(N)c(=O)n1Cc1ccccc1. The van der Waals surface area contributed by atoms with E-state index in [4.69, 9.17) is 5.73 Å². The Labute approximate surface area is 126 Å². The quantitative estimate of drug-likeness (QED) is 0.940. The molecule has 0 amide bonds. The highest BCUT2D eigenvalue weighted by Crippen LogP contribution is 2.27. The van der Waals surface area contributed by atoms with Gasteiger partial charge in [-0.15, -0.1) is 0 Å². The van der Waals surface area contributed by atoms with Crippen molar-refractivity contribution in [3.8, 4) is 0 Å². The summed E-state index contributed by atoms with van der Waals surface area (Å²) in [6.07, 6.45) is 0.964. The third-order valence-electron chi connectivity index (χ3n) is 3.59. The first-order chi connectivity index (χ1) is 9.86. The average molecular weight is 287 g/mol. The number of rotatable bonds is 4. The second kappa shape index (κ2) is 5.80. The topological polar surface area (TPSA) is 52.9 Å². The number of nitrogen functional groups attached to an aromatic ring is 1. The number of nitrogens with two attached hydrogens (primary N) is 1. The summed E-state index contributed by atoms with van der Waals surface area (Å²) in [4.78, 5) is 12.6. The molecule has 0 aliphatic rings. The smallest absolute Gasteiger partial charge is 0.290 e. The van der Waals surface area contributed by atoms with E-state index in [2.05, 4.69) is 32.4 Å². The molecule has 2 aromatic rings. The van der Waals surface area contributed by atoms with Gasteiger partial charge < -0.3 is 5.73 Å². The number of nitrogens with zero attached hydrogens (tertiary/aromatic N) is 2. The predicted octanol–water partition coefficient (Wildman–Crippen LogP) is 2.99. The highest BCUT2D eigenvalue weighted by atomic mass is 16.1. The van der Waals surface area contributed by atoms with Gasteiger partial charge in [0, 0.05) is 12.0 Å². The fourth-order valence-corrected chi connectivity index (χ4v) is 2.76. The van der Waals surface area contributed by atoms with Gasteiger partial charge in [0.15, 0.2) is 0 Å². The van der Waals surface area contributed by atoms with Crippen molar-refractivity contribution in [2.75, 3.05) is 5.73 Å². The van der Waals surface area contributed by atoms with Crippen LogP contribution in [-0.2, 0) is 18.5 Å². The first-order valence-corrected chi connectivity index (χ1v) is 7.49. The van der Waals surface area contributed by atoms with E-state index in [9.17, 15) is 4.79 Å². The lowest BCUT2D eigenvalue weighted by Crippen LogP contribution is -2.26. The van der Waals surface area contributed by atoms with Crippen LogP contribution >= 0.6 is 0 Å². The molecule has 4 heteroatoms. The Morgan fingerprint density at radius 2 is 1.71 bits per heavy atom. The highest BCUT2D eigenvalue weighted by molar-refractivity contribution is 5.45. The van der Waals surface area contributed by atoms with Crippen LogP contribution in [-0.4, -0.2) is 9.36 Å². The molecular weight excluding hydrogens is 262 g/mol. The maximum atomic E-state index is 12.6. The van der Waals surface area contributed by atoms with Crippen molar-refractivity contribution in [3.05, 3.63) is 51.9 Å². The summed E-state index contributed by atoms with van der Waals surface area (Å²) in [5.41, 5.74) is 8.31. The van der Waals surface area contributed by atoms with E-state index in [-0.39, 0.29) is 11.0 Å². The van der Waals surface area contributed by atoms with Crippen LogP contribution in [0.4, 0.5) is 5.69 Å². The molecule has 4 nitrogen and oxygen atoms in total. The van der Waals surface area contributed by atoms with Crippen LogP contribution in [0.2, 0.25) is 0 Å². The molecule has 0 saturated carbocycles. The van der Waals surface area contributed by atoms with Crippen molar-refractivity contribution in [3.63, 3.8) is 0 Å². The number of hydrogen-bond acceptors (Lipinski definition) is 2. The first-order valence-electron chi connectivity index (χ1n) is 7.49. The molecule has 1 aromatic carbocycles. The summed E-state index contributed by atoms with van der Waals surface area (Å²) in [6.45, 7) is 9.75. The summed E-state index contributed by atoms with van der Waals surface area (Å²) >= 11 is 0. The number of benzene rings is 1. The predicted molar refractivity (Wildman–Crippen MR) is 87.6 cm³/mol. The highest BCUT2D eigenvalue weighted by Gasteiger charge is 2.27. The number of aromatic nitrogens is 2. The molecule has 21 heavy (non-hydrogen) atoms. The minimum absolute atomic E-state index is 0.0859. The molecule has 1 heterocycles. The monoisotopic (exact) mass is 287 g/mol. The van der Waals surface area contributed by atoms with Crippen molar-refractivity contribution in [2.45, 2.75) is 52.6 Å². The third-order valence-corrected chi connectivity index (χ3v) is 3.59. The lowest BCUT2D eigenvalue weighted by atomic mass is 9.91. The Morgan fingerprint density at radius 3 is 2.24 bits per heavy atom. The molecule has 0 spiro atoms. The Hall–Kier alpha value is -1.97. The van der Waals surface area contributed by atoms with E-state index in [0.29, 0.717) is 12.2 Å². The number of hydrogen-bond donors (Lipinski definition) is 1. The summed E-state index contributed by atoms with van der Waals surface area (Å²) in [7, 11) is 0. The zero-order valence-corrected chi connectivity index (χ0v) is 13.4. The van der Waals surface area contributed by atoms with Crippen molar-refractivity contribution >= 4 is 5.69 Å². The van der Waals surface area contributed by atoms with Gasteiger partial charge in [0.1, 0.15) is 5.69 Å². The Bertz CT molecular complexity index is 660. The van der Waals surface area contributed by atoms with Gasteiger partial charge in [-0.1, -0.05) is 58.0 Å². The number of anilines is 1. The van der Waals surface area contributed by atoms with Gasteiger partial charge in [0.25, 0.3) is 5.56 Å². The minimum Gasteiger partial charge on any atom is -0.393 e. The maximum absolute atomic E-state index is 12.6. The summed E-state index contributed by atoms with van der Waals surface area (Å²) in [5, 5.41) is 0. The van der Waals surface area contributed by atoms with Gasteiger partial charge in [-0.05, 0) is 12.0 Å². The Balaban J connectivity index is 2.57. The Kier molecular flexibility index (Phi) is 4.26. The molecule has 0 atom stereocenters. The lowest BCUT2D eigenvalue weighted by molar-refractivity contribution is 0.412. The second-order valence-electron chi connectivity index (χ2n) is 6.48. The fraction of sp³-hybridized carbons (Fsp3) is 0.471. The van der Waals surface area contributed by atoms with E-state index in [1.165, 1.54) is 0 Å². The molecule has 1 aromatic heterocycles. The van der Waals surface area contributed by atoms with E-state index < -0.39 is 0 Å².